The SMILES string of the molecule is O=C(NCC(=O)N(Cc1ccccc1)C(C(=O)NC1CCCC1)c1cccnc1)c1cccs1. The number of aromatic nitrogens is 1. The normalized spacial score (nSPS) is 14.4. The van der Waals surface area contributed by atoms with Crippen molar-refractivity contribution in [1.82, 2.24) is 20.5 Å². The van der Waals surface area contributed by atoms with Gasteiger partial charge in [-0.15, -0.1) is 11.3 Å². The minimum absolute atomic E-state index is 0.110. The minimum Gasteiger partial charge on any atom is -0.351 e. The molecule has 3 aromatic rings. The number of thiophene rings is 1. The Morgan fingerprint density at radius 2 is 1.82 bits per heavy atom. The molecule has 0 radical (unpaired) electrons. The number of amides is 3. The van der Waals surface area contributed by atoms with Gasteiger partial charge in [0.25, 0.3) is 5.91 Å². The molecule has 1 aliphatic rings. The van der Waals surface area contributed by atoms with Gasteiger partial charge in [-0.25, -0.2) is 0 Å². The molecule has 2 aromatic heterocycles. The zero-order valence-electron chi connectivity index (χ0n) is 18.9. The second-order valence-electron chi connectivity index (χ2n) is 8.35. The van der Waals surface area contributed by atoms with E-state index in [1.54, 1.807) is 36.7 Å². The van der Waals surface area contributed by atoms with Crippen molar-refractivity contribution in [2.45, 2.75) is 44.3 Å². The van der Waals surface area contributed by atoms with Crippen LogP contribution in [0.4, 0.5) is 0 Å². The first-order valence-electron chi connectivity index (χ1n) is 11.5. The molecule has 0 saturated heterocycles. The van der Waals surface area contributed by atoms with Crippen molar-refractivity contribution >= 4 is 29.1 Å². The molecule has 3 amide bonds. The number of hydrogen-bond acceptors (Lipinski definition) is 5. The standard InChI is InChI=1S/C26H28N4O3S/c31-23(17-28-25(32)22-13-7-15-34-22)30(18-19-8-2-1-3-9-19)24(20-10-6-14-27-16-20)26(33)29-21-11-4-5-12-21/h1-3,6-10,13-16,21,24H,4-5,11-12,17-18H2,(H,28,32)(H,29,33). The molecule has 8 heteroatoms. The van der Waals surface area contributed by atoms with E-state index in [4.69, 9.17) is 0 Å². The summed E-state index contributed by atoms with van der Waals surface area (Å²) < 4.78 is 0. The van der Waals surface area contributed by atoms with Gasteiger partial charge in [0, 0.05) is 30.5 Å². The van der Waals surface area contributed by atoms with Crippen molar-refractivity contribution in [2.75, 3.05) is 6.54 Å². The monoisotopic (exact) mass is 476 g/mol. The molecule has 1 saturated carbocycles. The van der Waals surface area contributed by atoms with E-state index in [0.717, 1.165) is 31.2 Å². The molecule has 4 rings (SSSR count). The Morgan fingerprint density at radius 1 is 1.03 bits per heavy atom. The number of hydrogen-bond donors (Lipinski definition) is 2. The highest BCUT2D eigenvalue weighted by Crippen LogP contribution is 2.25. The van der Waals surface area contributed by atoms with Crippen LogP contribution in [0.15, 0.2) is 72.4 Å². The molecule has 0 spiro atoms. The van der Waals surface area contributed by atoms with Gasteiger partial charge >= 0.3 is 0 Å². The first kappa shape index (κ1) is 23.6. The lowest BCUT2D eigenvalue weighted by molar-refractivity contribution is -0.141. The van der Waals surface area contributed by atoms with E-state index >= 15 is 0 Å². The van der Waals surface area contributed by atoms with Gasteiger partial charge in [0.2, 0.25) is 11.8 Å². The third-order valence-corrected chi connectivity index (χ3v) is 6.79. The van der Waals surface area contributed by atoms with E-state index in [1.807, 2.05) is 35.7 Å². The highest BCUT2D eigenvalue weighted by Gasteiger charge is 2.33. The molecular weight excluding hydrogens is 448 g/mol. The van der Waals surface area contributed by atoms with Crippen LogP contribution in [0.5, 0.6) is 0 Å². The molecule has 1 aromatic carbocycles. The van der Waals surface area contributed by atoms with Crippen molar-refractivity contribution in [1.29, 1.82) is 0 Å². The smallest absolute Gasteiger partial charge is 0.261 e. The van der Waals surface area contributed by atoms with Gasteiger partial charge < -0.3 is 15.5 Å². The van der Waals surface area contributed by atoms with Crippen LogP contribution < -0.4 is 10.6 Å². The topological polar surface area (TPSA) is 91.4 Å². The summed E-state index contributed by atoms with van der Waals surface area (Å²) in [5, 5.41) is 7.65. The summed E-state index contributed by atoms with van der Waals surface area (Å²) in [5.41, 5.74) is 1.52. The Bertz CT molecular complexity index is 1080. The summed E-state index contributed by atoms with van der Waals surface area (Å²) in [6, 6.07) is 15.8. The van der Waals surface area contributed by atoms with E-state index in [-0.39, 0.29) is 36.9 Å². The molecule has 1 fully saturated rings. The number of carbonyl (C=O) groups excluding carboxylic acids is 3. The van der Waals surface area contributed by atoms with Gasteiger partial charge in [-0.05, 0) is 35.9 Å². The predicted molar refractivity (Wildman–Crippen MR) is 131 cm³/mol. The third-order valence-electron chi connectivity index (χ3n) is 5.92. The van der Waals surface area contributed by atoms with Crippen molar-refractivity contribution in [3.8, 4) is 0 Å². The van der Waals surface area contributed by atoms with Crippen molar-refractivity contribution < 1.29 is 14.4 Å². The fraction of sp³-hybridized carbons (Fsp3) is 0.308. The lowest BCUT2D eigenvalue weighted by Crippen LogP contribution is -2.48. The molecule has 176 valence electrons. The molecule has 2 N–H and O–H groups in total. The molecule has 1 aliphatic carbocycles. The summed E-state index contributed by atoms with van der Waals surface area (Å²) in [7, 11) is 0. The summed E-state index contributed by atoms with van der Waals surface area (Å²) >= 11 is 1.31. The number of nitrogens with one attached hydrogen (secondary N) is 2. The van der Waals surface area contributed by atoms with Gasteiger partial charge in [-0.1, -0.05) is 55.3 Å². The Labute approximate surface area is 203 Å². The molecule has 0 bridgehead atoms. The number of nitrogens with zero attached hydrogens (tertiary/aromatic N) is 2. The van der Waals surface area contributed by atoms with E-state index in [2.05, 4.69) is 15.6 Å². The van der Waals surface area contributed by atoms with Gasteiger partial charge in [0.05, 0.1) is 11.4 Å². The van der Waals surface area contributed by atoms with Crippen LogP contribution in [0.25, 0.3) is 0 Å². The fourth-order valence-electron chi connectivity index (χ4n) is 4.22. The number of pyridine rings is 1. The first-order chi connectivity index (χ1) is 16.6. The second kappa shape index (κ2) is 11.6. The van der Waals surface area contributed by atoms with E-state index < -0.39 is 6.04 Å². The van der Waals surface area contributed by atoms with Crippen LogP contribution in [-0.4, -0.2) is 40.2 Å². The number of rotatable bonds is 9. The Hall–Kier alpha value is -3.52. The molecule has 1 atom stereocenters. The Balaban J connectivity index is 1.60. The minimum atomic E-state index is -0.861. The van der Waals surface area contributed by atoms with Crippen LogP contribution in [0.3, 0.4) is 0 Å². The van der Waals surface area contributed by atoms with Gasteiger partial charge in [-0.3, -0.25) is 19.4 Å². The van der Waals surface area contributed by atoms with Crippen LogP contribution in [-0.2, 0) is 16.1 Å². The fourth-order valence-corrected chi connectivity index (χ4v) is 4.86. The van der Waals surface area contributed by atoms with E-state index in [0.29, 0.717) is 10.4 Å². The van der Waals surface area contributed by atoms with E-state index in [9.17, 15) is 14.4 Å². The largest absolute Gasteiger partial charge is 0.351 e. The third kappa shape index (κ3) is 6.08. The van der Waals surface area contributed by atoms with Gasteiger partial charge in [0.1, 0.15) is 6.04 Å². The van der Waals surface area contributed by atoms with Crippen molar-refractivity contribution in [3.63, 3.8) is 0 Å². The quantitative estimate of drug-likeness (QED) is 0.493. The van der Waals surface area contributed by atoms with E-state index in [1.165, 1.54) is 16.2 Å². The molecular formula is C26H28N4O3S. The summed E-state index contributed by atoms with van der Waals surface area (Å²) in [5.74, 6) is -0.880. The lowest BCUT2D eigenvalue weighted by atomic mass is 10.0. The maximum absolute atomic E-state index is 13.5. The number of benzene rings is 1. The Kier molecular flexibility index (Phi) is 8.04. The average Bonchev–Trinajstić information content (AvgIpc) is 3.58. The molecule has 7 nitrogen and oxygen atoms in total. The highest BCUT2D eigenvalue weighted by atomic mass is 32.1. The molecule has 1 unspecified atom stereocenters. The molecule has 34 heavy (non-hydrogen) atoms. The highest BCUT2D eigenvalue weighted by molar-refractivity contribution is 7.12. The van der Waals surface area contributed by atoms with Crippen LogP contribution in [0.2, 0.25) is 0 Å². The predicted octanol–water partition coefficient (Wildman–Crippen LogP) is 3.70. The summed E-state index contributed by atoms with van der Waals surface area (Å²) in [6.45, 7) is 0.0171. The van der Waals surface area contributed by atoms with Crippen LogP contribution in [0, 0.1) is 0 Å². The summed E-state index contributed by atoms with van der Waals surface area (Å²) in [4.78, 5) is 45.7. The zero-order valence-corrected chi connectivity index (χ0v) is 19.7. The van der Waals surface area contributed by atoms with Crippen molar-refractivity contribution in [3.05, 3.63) is 88.4 Å². The first-order valence-corrected chi connectivity index (χ1v) is 12.3. The Morgan fingerprint density at radius 3 is 2.50 bits per heavy atom. The van der Waals surface area contributed by atoms with Crippen LogP contribution >= 0.6 is 11.3 Å². The van der Waals surface area contributed by atoms with Gasteiger partial charge in [-0.2, -0.15) is 0 Å². The number of carbonyl (C=O) groups is 3. The molecule has 0 aliphatic heterocycles. The molecule has 2 heterocycles. The van der Waals surface area contributed by atoms with Crippen LogP contribution in [0.1, 0.15) is 52.5 Å². The second-order valence-corrected chi connectivity index (χ2v) is 9.29. The maximum Gasteiger partial charge on any atom is 0.261 e. The van der Waals surface area contributed by atoms with Gasteiger partial charge in [0.15, 0.2) is 0 Å². The maximum atomic E-state index is 13.5. The zero-order chi connectivity index (χ0) is 23.8. The van der Waals surface area contributed by atoms with Crippen molar-refractivity contribution in [2.24, 2.45) is 0 Å². The lowest BCUT2D eigenvalue weighted by Gasteiger charge is -2.32. The average molecular weight is 477 g/mol. The summed E-state index contributed by atoms with van der Waals surface area (Å²) in [6.07, 6.45) is 7.31.